The Hall–Kier alpha value is -1.03. The standard InChI is InChI=1S/C10H15NO2S/c1-6-5-7(14-8(6)11)9(12)13-10(2,3)4/h5H,11H2,1-4H3. The molecule has 3 nitrogen and oxygen atoms in total. The van der Waals surface area contributed by atoms with Gasteiger partial charge in [0.15, 0.2) is 0 Å². The Balaban J connectivity index is 2.80. The molecule has 0 unspecified atom stereocenters. The van der Waals surface area contributed by atoms with Crippen molar-refractivity contribution >= 4 is 22.3 Å². The lowest BCUT2D eigenvalue weighted by Gasteiger charge is -2.18. The molecule has 0 aliphatic heterocycles. The number of nitrogens with two attached hydrogens (primary N) is 1. The Labute approximate surface area is 87.9 Å². The van der Waals surface area contributed by atoms with E-state index in [0.717, 1.165) is 5.56 Å². The van der Waals surface area contributed by atoms with Crippen LogP contribution in [0.25, 0.3) is 0 Å². The van der Waals surface area contributed by atoms with Crippen molar-refractivity contribution in [2.75, 3.05) is 5.73 Å². The summed E-state index contributed by atoms with van der Waals surface area (Å²) >= 11 is 1.27. The molecule has 0 saturated heterocycles. The highest BCUT2D eigenvalue weighted by molar-refractivity contribution is 7.17. The second kappa shape index (κ2) is 3.61. The maximum atomic E-state index is 11.6. The molecule has 1 rings (SSSR count). The minimum absolute atomic E-state index is 0.303. The van der Waals surface area contributed by atoms with E-state index >= 15 is 0 Å². The smallest absolute Gasteiger partial charge is 0.348 e. The number of anilines is 1. The van der Waals surface area contributed by atoms with E-state index in [9.17, 15) is 4.79 Å². The lowest BCUT2D eigenvalue weighted by Crippen LogP contribution is -2.23. The van der Waals surface area contributed by atoms with E-state index in [4.69, 9.17) is 10.5 Å². The van der Waals surface area contributed by atoms with Crippen LogP contribution in [-0.4, -0.2) is 11.6 Å². The van der Waals surface area contributed by atoms with Gasteiger partial charge < -0.3 is 10.5 Å². The summed E-state index contributed by atoms with van der Waals surface area (Å²) < 4.78 is 5.21. The molecule has 0 spiro atoms. The summed E-state index contributed by atoms with van der Waals surface area (Å²) in [5.74, 6) is -0.303. The number of esters is 1. The van der Waals surface area contributed by atoms with Gasteiger partial charge in [0.2, 0.25) is 0 Å². The molecule has 0 amide bonds. The molecule has 2 N–H and O–H groups in total. The summed E-state index contributed by atoms with van der Waals surface area (Å²) in [5, 5.41) is 0.672. The number of nitrogen functional groups attached to an aromatic ring is 1. The third-order valence-corrected chi connectivity index (χ3v) is 2.60. The van der Waals surface area contributed by atoms with E-state index in [2.05, 4.69) is 0 Å². The topological polar surface area (TPSA) is 52.3 Å². The zero-order valence-electron chi connectivity index (χ0n) is 8.88. The van der Waals surface area contributed by atoms with Crippen LogP contribution in [0.1, 0.15) is 36.0 Å². The Morgan fingerprint density at radius 1 is 1.50 bits per heavy atom. The van der Waals surface area contributed by atoms with Crippen molar-refractivity contribution in [3.8, 4) is 0 Å². The van der Waals surface area contributed by atoms with Crippen LogP contribution in [0.5, 0.6) is 0 Å². The Morgan fingerprint density at radius 2 is 2.07 bits per heavy atom. The number of ether oxygens (including phenoxy) is 1. The molecule has 0 aliphatic carbocycles. The molecular weight excluding hydrogens is 198 g/mol. The van der Waals surface area contributed by atoms with Gasteiger partial charge >= 0.3 is 5.97 Å². The Kier molecular flexibility index (Phi) is 2.85. The van der Waals surface area contributed by atoms with Crippen molar-refractivity contribution in [1.82, 2.24) is 0 Å². The van der Waals surface area contributed by atoms with E-state index in [1.54, 1.807) is 6.07 Å². The van der Waals surface area contributed by atoms with Crippen molar-refractivity contribution in [3.63, 3.8) is 0 Å². The number of carbonyl (C=O) groups is 1. The molecule has 4 heteroatoms. The fourth-order valence-corrected chi connectivity index (χ4v) is 1.74. The van der Waals surface area contributed by atoms with Gasteiger partial charge in [0, 0.05) is 0 Å². The van der Waals surface area contributed by atoms with Crippen LogP contribution in [0.2, 0.25) is 0 Å². The molecule has 14 heavy (non-hydrogen) atoms. The largest absolute Gasteiger partial charge is 0.456 e. The fourth-order valence-electron chi connectivity index (χ4n) is 0.925. The SMILES string of the molecule is Cc1cc(C(=O)OC(C)(C)C)sc1N. The molecule has 1 aromatic heterocycles. The summed E-state index contributed by atoms with van der Waals surface area (Å²) in [6, 6.07) is 1.76. The van der Waals surface area contributed by atoms with Gasteiger partial charge in [-0.1, -0.05) is 0 Å². The Morgan fingerprint density at radius 3 is 2.43 bits per heavy atom. The highest BCUT2D eigenvalue weighted by Crippen LogP contribution is 2.25. The average molecular weight is 213 g/mol. The zero-order valence-corrected chi connectivity index (χ0v) is 9.70. The third kappa shape index (κ3) is 2.73. The molecule has 0 saturated carbocycles. The highest BCUT2D eigenvalue weighted by Gasteiger charge is 2.19. The first kappa shape index (κ1) is 11.0. The van der Waals surface area contributed by atoms with Gasteiger partial charge in [0.1, 0.15) is 10.5 Å². The number of hydrogen-bond acceptors (Lipinski definition) is 4. The van der Waals surface area contributed by atoms with Crippen LogP contribution < -0.4 is 5.73 Å². The summed E-state index contributed by atoms with van der Waals surface area (Å²) in [4.78, 5) is 12.1. The van der Waals surface area contributed by atoms with Crippen molar-refractivity contribution in [2.24, 2.45) is 0 Å². The van der Waals surface area contributed by atoms with Crippen molar-refractivity contribution in [3.05, 3.63) is 16.5 Å². The Bertz CT molecular complexity index is 330. The second-order valence-corrected chi connectivity index (χ2v) is 5.24. The quantitative estimate of drug-likeness (QED) is 0.729. The normalized spacial score (nSPS) is 11.4. The predicted molar refractivity (Wildman–Crippen MR) is 58.6 cm³/mol. The van der Waals surface area contributed by atoms with Crippen molar-refractivity contribution in [1.29, 1.82) is 0 Å². The summed E-state index contributed by atoms with van der Waals surface area (Å²) in [5.41, 5.74) is 6.13. The van der Waals surface area contributed by atoms with Gasteiger partial charge in [-0.3, -0.25) is 0 Å². The summed E-state index contributed by atoms with van der Waals surface area (Å²) in [7, 11) is 0. The zero-order chi connectivity index (χ0) is 10.9. The van der Waals surface area contributed by atoms with Gasteiger partial charge in [-0.05, 0) is 39.3 Å². The molecule has 78 valence electrons. The van der Waals surface area contributed by atoms with Crippen LogP contribution in [-0.2, 0) is 4.74 Å². The highest BCUT2D eigenvalue weighted by atomic mass is 32.1. The molecule has 0 atom stereocenters. The number of rotatable bonds is 1. The van der Waals surface area contributed by atoms with E-state index in [1.807, 2.05) is 27.7 Å². The lowest BCUT2D eigenvalue weighted by atomic mass is 10.2. The summed E-state index contributed by atoms with van der Waals surface area (Å²) in [6.45, 7) is 7.40. The van der Waals surface area contributed by atoms with E-state index in [1.165, 1.54) is 11.3 Å². The molecule has 0 radical (unpaired) electrons. The van der Waals surface area contributed by atoms with Gasteiger partial charge in [-0.25, -0.2) is 4.79 Å². The van der Waals surface area contributed by atoms with Crippen LogP contribution in [0.4, 0.5) is 5.00 Å². The third-order valence-electron chi connectivity index (χ3n) is 1.56. The van der Waals surface area contributed by atoms with Crippen molar-refractivity contribution < 1.29 is 9.53 Å². The first-order chi connectivity index (χ1) is 6.29. The van der Waals surface area contributed by atoms with Crippen LogP contribution in [0.3, 0.4) is 0 Å². The minimum Gasteiger partial charge on any atom is -0.456 e. The molecular formula is C10H15NO2S. The number of aryl methyl sites for hydroxylation is 1. The monoisotopic (exact) mass is 213 g/mol. The second-order valence-electron chi connectivity index (χ2n) is 4.16. The first-order valence-electron chi connectivity index (χ1n) is 4.39. The molecule has 1 aromatic rings. The molecule has 1 heterocycles. The average Bonchev–Trinajstić information content (AvgIpc) is 2.28. The molecule has 0 aliphatic rings. The fraction of sp³-hybridized carbons (Fsp3) is 0.500. The first-order valence-corrected chi connectivity index (χ1v) is 5.20. The predicted octanol–water partition coefficient (Wildman–Crippen LogP) is 2.59. The van der Waals surface area contributed by atoms with Gasteiger partial charge in [0.05, 0.1) is 5.00 Å². The van der Waals surface area contributed by atoms with Crippen LogP contribution in [0, 0.1) is 6.92 Å². The van der Waals surface area contributed by atoms with E-state index < -0.39 is 5.60 Å². The maximum absolute atomic E-state index is 11.6. The molecule has 0 aromatic carbocycles. The van der Waals surface area contributed by atoms with E-state index in [-0.39, 0.29) is 5.97 Å². The lowest BCUT2D eigenvalue weighted by molar-refractivity contribution is 0.00752. The molecule has 0 fully saturated rings. The molecule has 0 bridgehead atoms. The minimum atomic E-state index is -0.455. The maximum Gasteiger partial charge on any atom is 0.348 e. The number of thiophene rings is 1. The summed E-state index contributed by atoms with van der Waals surface area (Å²) in [6.07, 6.45) is 0. The van der Waals surface area contributed by atoms with Gasteiger partial charge in [0.25, 0.3) is 0 Å². The van der Waals surface area contributed by atoms with Crippen LogP contribution in [0.15, 0.2) is 6.07 Å². The number of carbonyl (C=O) groups excluding carboxylic acids is 1. The van der Waals surface area contributed by atoms with Gasteiger partial charge in [-0.2, -0.15) is 0 Å². The van der Waals surface area contributed by atoms with Crippen LogP contribution >= 0.6 is 11.3 Å². The van der Waals surface area contributed by atoms with E-state index in [0.29, 0.717) is 9.88 Å². The number of hydrogen-bond donors (Lipinski definition) is 1. The van der Waals surface area contributed by atoms with Crippen molar-refractivity contribution in [2.45, 2.75) is 33.3 Å². The van der Waals surface area contributed by atoms with Gasteiger partial charge in [-0.15, -0.1) is 11.3 Å².